The number of aliphatic carboxylic acids is 1. The van der Waals surface area contributed by atoms with Crippen LogP contribution in [0.4, 0.5) is 0 Å². The van der Waals surface area contributed by atoms with Crippen molar-refractivity contribution in [3.05, 3.63) is 34.4 Å². The Balaban J connectivity index is 1.74. The lowest BCUT2D eigenvalue weighted by Gasteiger charge is -2.39. The van der Waals surface area contributed by atoms with Crippen LogP contribution in [0.2, 0.25) is 0 Å². The molecule has 5 atom stereocenters. The first-order chi connectivity index (χ1) is 12.7. The Bertz CT molecular complexity index is 680. The molecule has 0 spiro atoms. The molecule has 0 aromatic heterocycles. The smallest absolute Gasteiger partial charge is 0.330 e. The maximum atomic E-state index is 11.0. The van der Waals surface area contributed by atoms with Crippen molar-refractivity contribution in [2.75, 3.05) is 0 Å². The average molecular weight is 371 g/mol. The topological polar surface area (TPSA) is 37.3 Å². The fourth-order valence-electron chi connectivity index (χ4n) is 6.28. The quantitative estimate of drug-likeness (QED) is 0.420. The Kier molecular flexibility index (Phi) is 6.03. The van der Waals surface area contributed by atoms with Gasteiger partial charge in [0.05, 0.1) is 0 Å². The lowest BCUT2D eigenvalue weighted by atomic mass is 9.65. The number of carboxylic acid groups (broad SMARTS) is 1. The van der Waals surface area contributed by atoms with Crippen molar-refractivity contribution in [1.29, 1.82) is 0 Å². The van der Waals surface area contributed by atoms with Gasteiger partial charge in [-0.3, -0.25) is 0 Å². The van der Waals surface area contributed by atoms with E-state index < -0.39 is 5.97 Å². The molecule has 0 amide bonds. The minimum Gasteiger partial charge on any atom is -0.478 e. The highest BCUT2D eigenvalue weighted by atomic mass is 16.4. The van der Waals surface area contributed by atoms with Crippen molar-refractivity contribution in [3.8, 4) is 0 Å². The first-order valence-corrected chi connectivity index (χ1v) is 11.0. The van der Waals surface area contributed by atoms with E-state index >= 15 is 0 Å². The van der Waals surface area contributed by atoms with E-state index in [0.29, 0.717) is 16.9 Å². The number of allylic oxidation sites excluding steroid dienone is 5. The summed E-state index contributed by atoms with van der Waals surface area (Å²) in [5.74, 6) is 2.15. The van der Waals surface area contributed by atoms with Gasteiger partial charge in [-0.2, -0.15) is 0 Å². The van der Waals surface area contributed by atoms with Crippen LogP contribution in [-0.4, -0.2) is 11.1 Å². The number of hydrogen-bond acceptors (Lipinski definition) is 1. The molecule has 0 aromatic carbocycles. The zero-order chi connectivity index (χ0) is 19.8. The van der Waals surface area contributed by atoms with Crippen LogP contribution in [0.5, 0.6) is 0 Å². The van der Waals surface area contributed by atoms with E-state index in [1.807, 2.05) is 6.08 Å². The molecular formula is C25H38O2. The Morgan fingerprint density at radius 1 is 1.37 bits per heavy atom. The number of carboxylic acids is 1. The molecule has 0 radical (unpaired) electrons. The lowest BCUT2D eigenvalue weighted by molar-refractivity contribution is -0.132. The molecule has 0 bridgehead atoms. The van der Waals surface area contributed by atoms with Gasteiger partial charge in [0.25, 0.3) is 0 Å². The largest absolute Gasteiger partial charge is 0.478 e. The SMILES string of the molecule is CC1=C2C[C@@]3(C)CC[C@H]([C@@H](C)CC/C=C(/C)C(=O)O)[C@H]3C/C=C(/C)[C@H]2CC1. The van der Waals surface area contributed by atoms with Crippen molar-refractivity contribution in [3.63, 3.8) is 0 Å². The predicted molar refractivity (Wildman–Crippen MR) is 113 cm³/mol. The number of hydrogen-bond donors (Lipinski definition) is 1. The molecule has 2 nitrogen and oxygen atoms in total. The van der Waals surface area contributed by atoms with Crippen molar-refractivity contribution in [2.45, 2.75) is 86.0 Å². The third-order valence-electron chi connectivity index (χ3n) is 8.22. The zero-order valence-electron chi connectivity index (χ0n) is 18.0. The van der Waals surface area contributed by atoms with Gasteiger partial charge < -0.3 is 5.11 Å². The molecule has 3 aliphatic carbocycles. The van der Waals surface area contributed by atoms with Gasteiger partial charge in [0.1, 0.15) is 0 Å². The summed E-state index contributed by atoms with van der Waals surface area (Å²) in [6, 6.07) is 0. The molecule has 1 saturated carbocycles. The summed E-state index contributed by atoms with van der Waals surface area (Å²) in [6.07, 6.45) is 14.3. The fraction of sp³-hybridized carbons (Fsp3) is 0.720. The Morgan fingerprint density at radius 3 is 2.81 bits per heavy atom. The summed E-state index contributed by atoms with van der Waals surface area (Å²) < 4.78 is 0. The highest BCUT2D eigenvalue weighted by Gasteiger charge is 2.48. The molecule has 0 aliphatic heterocycles. The van der Waals surface area contributed by atoms with E-state index in [0.717, 1.165) is 30.6 Å². The standard InChI is InChI=1S/C25H38O2/c1-16(7-6-8-19(4)24(26)27)21-13-14-25(5)15-22-18(3)9-11-20(22)17(2)10-12-23(21)25/h8,10,16,20-21,23H,6-7,9,11-15H2,1-5H3,(H,26,27)/b17-10-,19-8-/t16-,20+,21+,23+,25+/m0/s1. The van der Waals surface area contributed by atoms with Crippen LogP contribution in [0.15, 0.2) is 34.4 Å². The van der Waals surface area contributed by atoms with Crippen LogP contribution < -0.4 is 0 Å². The third kappa shape index (κ3) is 4.10. The van der Waals surface area contributed by atoms with Gasteiger partial charge in [-0.15, -0.1) is 0 Å². The number of rotatable bonds is 5. The van der Waals surface area contributed by atoms with Gasteiger partial charge in [0, 0.05) is 11.5 Å². The maximum absolute atomic E-state index is 11.0. The summed E-state index contributed by atoms with van der Waals surface area (Å²) in [7, 11) is 0. The van der Waals surface area contributed by atoms with Gasteiger partial charge in [-0.25, -0.2) is 4.79 Å². The van der Waals surface area contributed by atoms with Gasteiger partial charge in [-0.05, 0) is 95.3 Å². The molecule has 1 fully saturated rings. The first kappa shape index (κ1) is 20.4. The van der Waals surface area contributed by atoms with Crippen molar-refractivity contribution < 1.29 is 9.90 Å². The van der Waals surface area contributed by atoms with E-state index in [4.69, 9.17) is 5.11 Å². The number of carbonyl (C=O) groups is 1. The van der Waals surface area contributed by atoms with Crippen LogP contribution in [0.3, 0.4) is 0 Å². The van der Waals surface area contributed by atoms with Crippen LogP contribution >= 0.6 is 0 Å². The third-order valence-corrected chi connectivity index (χ3v) is 8.22. The molecule has 3 aliphatic rings. The molecular weight excluding hydrogens is 332 g/mol. The molecule has 0 saturated heterocycles. The van der Waals surface area contributed by atoms with Gasteiger partial charge in [-0.1, -0.05) is 42.7 Å². The Hall–Kier alpha value is -1.31. The summed E-state index contributed by atoms with van der Waals surface area (Å²) in [5, 5.41) is 9.05. The summed E-state index contributed by atoms with van der Waals surface area (Å²) >= 11 is 0. The fourth-order valence-corrected chi connectivity index (χ4v) is 6.28. The first-order valence-electron chi connectivity index (χ1n) is 11.0. The minimum absolute atomic E-state index is 0.447. The summed E-state index contributed by atoms with van der Waals surface area (Å²) in [6.45, 7) is 11.4. The van der Waals surface area contributed by atoms with Crippen molar-refractivity contribution >= 4 is 5.97 Å². The highest BCUT2D eigenvalue weighted by molar-refractivity contribution is 5.85. The molecule has 3 rings (SSSR count). The number of fused-ring (bicyclic) bond motifs is 2. The van der Waals surface area contributed by atoms with Crippen LogP contribution in [0, 0.1) is 29.1 Å². The van der Waals surface area contributed by atoms with Crippen LogP contribution in [-0.2, 0) is 4.79 Å². The second kappa shape index (κ2) is 7.97. The average Bonchev–Trinajstić information content (AvgIpc) is 3.12. The van der Waals surface area contributed by atoms with Crippen LogP contribution in [0.1, 0.15) is 86.0 Å². The molecule has 0 unspecified atom stereocenters. The van der Waals surface area contributed by atoms with Gasteiger partial charge in [0.2, 0.25) is 0 Å². The van der Waals surface area contributed by atoms with Gasteiger partial charge >= 0.3 is 5.97 Å². The second-order valence-electron chi connectivity index (χ2n) is 9.97. The lowest BCUT2D eigenvalue weighted by Crippen LogP contribution is -2.30. The summed E-state index contributed by atoms with van der Waals surface area (Å²) in [4.78, 5) is 11.0. The maximum Gasteiger partial charge on any atom is 0.330 e. The van der Waals surface area contributed by atoms with Crippen LogP contribution in [0.25, 0.3) is 0 Å². The molecule has 0 heterocycles. The normalized spacial score (nSPS) is 37.1. The minimum atomic E-state index is -0.786. The highest BCUT2D eigenvalue weighted by Crippen LogP contribution is 2.58. The monoisotopic (exact) mass is 370 g/mol. The van der Waals surface area contributed by atoms with E-state index in [-0.39, 0.29) is 0 Å². The Morgan fingerprint density at radius 2 is 2.11 bits per heavy atom. The Labute approximate surface area is 165 Å². The predicted octanol–water partition coefficient (Wildman–Crippen LogP) is 6.93. The molecule has 150 valence electrons. The second-order valence-corrected chi connectivity index (χ2v) is 9.97. The zero-order valence-corrected chi connectivity index (χ0v) is 18.0. The van der Waals surface area contributed by atoms with E-state index in [1.165, 1.54) is 38.5 Å². The van der Waals surface area contributed by atoms with Crippen molar-refractivity contribution in [2.24, 2.45) is 29.1 Å². The van der Waals surface area contributed by atoms with E-state index in [9.17, 15) is 4.79 Å². The van der Waals surface area contributed by atoms with E-state index in [2.05, 4.69) is 33.8 Å². The summed E-state index contributed by atoms with van der Waals surface area (Å²) in [5.41, 5.74) is 5.98. The molecule has 27 heavy (non-hydrogen) atoms. The van der Waals surface area contributed by atoms with Gasteiger partial charge in [0.15, 0.2) is 0 Å². The molecule has 0 aromatic rings. The molecule has 2 heteroatoms. The van der Waals surface area contributed by atoms with E-state index in [1.54, 1.807) is 23.6 Å². The molecule has 1 N–H and O–H groups in total. The van der Waals surface area contributed by atoms with Crippen molar-refractivity contribution in [1.82, 2.24) is 0 Å².